The van der Waals surface area contributed by atoms with Crippen molar-refractivity contribution in [3.05, 3.63) is 47.5 Å². The van der Waals surface area contributed by atoms with E-state index < -0.39 is 0 Å². The van der Waals surface area contributed by atoms with Gasteiger partial charge in [-0.25, -0.2) is 0 Å². The second-order valence-electron chi connectivity index (χ2n) is 9.38. The smallest absolute Gasteiger partial charge is 0.0206 e. The van der Waals surface area contributed by atoms with Crippen molar-refractivity contribution in [3.63, 3.8) is 0 Å². The molecular formula is C28H40. The van der Waals surface area contributed by atoms with Gasteiger partial charge >= 0.3 is 0 Å². The van der Waals surface area contributed by atoms with Crippen LogP contribution in [0.1, 0.15) is 101 Å². The van der Waals surface area contributed by atoms with Crippen LogP contribution in [0.4, 0.5) is 0 Å². The van der Waals surface area contributed by atoms with Crippen molar-refractivity contribution in [1.29, 1.82) is 0 Å². The van der Waals surface area contributed by atoms with E-state index >= 15 is 0 Å². The number of aryl methyl sites for hydroxylation is 1. The Kier molecular flexibility index (Phi) is 8.72. The molecule has 2 aliphatic rings. The van der Waals surface area contributed by atoms with E-state index in [0.717, 1.165) is 17.8 Å². The van der Waals surface area contributed by atoms with Gasteiger partial charge in [-0.2, -0.15) is 0 Å². The van der Waals surface area contributed by atoms with Gasteiger partial charge in [0.15, 0.2) is 0 Å². The maximum atomic E-state index is 3.55. The van der Waals surface area contributed by atoms with Crippen LogP contribution in [-0.2, 0) is 0 Å². The molecule has 0 nitrogen and oxygen atoms in total. The molecule has 0 spiro atoms. The van der Waals surface area contributed by atoms with Gasteiger partial charge in [0.05, 0.1) is 0 Å². The number of hydrogen-bond donors (Lipinski definition) is 0. The van der Waals surface area contributed by atoms with Crippen molar-refractivity contribution < 1.29 is 0 Å². The summed E-state index contributed by atoms with van der Waals surface area (Å²) in [7, 11) is 0. The van der Waals surface area contributed by atoms with Crippen LogP contribution in [0.15, 0.2) is 36.4 Å². The molecule has 0 aromatic heterocycles. The van der Waals surface area contributed by atoms with Crippen molar-refractivity contribution in [3.8, 4) is 11.8 Å². The summed E-state index contributed by atoms with van der Waals surface area (Å²) in [5, 5.41) is 0. The average Bonchev–Trinajstić information content (AvgIpc) is 2.73. The highest BCUT2D eigenvalue weighted by atomic mass is 14.3. The number of rotatable bonds is 6. The number of unbranched alkanes of at least 4 members (excludes halogenated alkanes) is 2. The molecule has 0 amide bonds. The first kappa shape index (κ1) is 21.2. The molecule has 1 aromatic rings. The number of benzene rings is 1. The SMILES string of the molecule is CCCCC[C@H]1CC[C@H](C=CC#C[C@H]2CC[C@H](c3ccc(C)cc3)CC2)CC1. The number of allylic oxidation sites excluding steroid dienone is 2. The van der Waals surface area contributed by atoms with Gasteiger partial charge in [-0.1, -0.05) is 80.4 Å². The number of hydrogen-bond acceptors (Lipinski definition) is 0. The first-order chi connectivity index (χ1) is 13.7. The van der Waals surface area contributed by atoms with Gasteiger partial charge in [0.2, 0.25) is 0 Å². The van der Waals surface area contributed by atoms with E-state index in [1.165, 1.54) is 88.2 Å². The van der Waals surface area contributed by atoms with E-state index in [4.69, 9.17) is 0 Å². The minimum atomic E-state index is 0.612. The third kappa shape index (κ3) is 6.84. The lowest BCUT2D eigenvalue weighted by Crippen LogP contribution is -2.13. The summed E-state index contributed by atoms with van der Waals surface area (Å²) in [5.41, 5.74) is 2.89. The normalized spacial score (nSPS) is 28.1. The van der Waals surface area contributed by atoms with Crippen molar-refractivity contribution in [2.24, 2.45) is 17.8 Å². The summed E-state index contributed by atoms with van der Waals surface area (Å²) in [6.45, 7) is 4.47. The quantitative estimate of drug-likeness (QED) is 0.346. The first-order valence-corrected chi connectivity index (χ1v) is 12.0. The maximum Gasteiger partial charge on any atom is 0.0206 e. The van der Waals surface area contributed by atoms with Crippen LogP contribution in [0, 0.1) is 36.5 Å². The third-order valence-corrected chi connectivity index (χ3v) is 7.12. The minimum Gasteiger partial charge on any atom is -0.0951 e. The fraction of sp³-hybridized carbons (Fsp3) is 0.643. The lowest BCUT2D eigenvalue weighted by atomic mass is 9.79. The molecule has 0 atom stereocenters. The Morgan fingerprint density at radius 1 is 0.893 bits per heavy atom. The van der Waals surface area contributed by atoms with Gasteiger partial charge in [-0.15, -0.1) is 0 Å². The molecule has 2 aliphatic carbocycles. The third-order valence-electron chi connectivity index (χ3n) is 7.12. The molecule has 2 fully saturated rings. The van der Waals surface area contributed by atoms with Crippen molar-refractivity contribution in [2.45, 2.75) is 96.8 Å². The molecule has 0 radical (unpaired) electrons. The van der Waals surface area contributed by atoms with Crippen LogP contribution in [0.2, 0.25) is 0 Å². The van der Waals surface area contributed by atoms with E-state index in [1.807, 2.05) is 0 Å². The van der Waals surface area contributed by atoms with E-state index in [2.05, 4.69) is 62.1 Å². The summed E-state index contributed by atoms with van der Waals surface area (Å²) in [4.78, 5) is 0. The fourth-order valence-corrected chi connectivity index (χ4v) is 5.11. The Balaban J connectivity index is 1.35. The van der Waals surface area contributed by atoms with Crippen molar-refractivity contribution in [2.75, 3.05) is 0 Å². The van der Waals surface area contributed by atoms with E-state index in [1.54, 1.807) is 0 Å². The largest absolute Gasteiger partial charge is 0.0951 e. The molecule has 28 heavy (non-hydrogen) atoms. The molecule has 152 valence electrons. The fourth-order valence-electron chi connectivity index (χ4n) is 5.11. The monoisotopic (exact) mass is 376 g/mol. The molecule has 0 aliphatic heterocycles. The van der Waals surface area contributed by atoms with Crippen LogP contribution in [-0.4, -0.2) is 0 Å². The standard InChI is InChI=1S/C28H40/c1-3-4-5-8-24-13-15-25(16-14-24)9-6-7-10-26-17-21-28(22-18-26)27-19-11-23(2)12-20-27/h6,9,11-12,19-20,24-26,28H,3-5,8,13-18,21-22H2,1-2H3/t24-,25-,26-,28-. The van der Waals surface area contributed by atoms with Crippen LogP contribution >= 0.6 is 0 Å². The molecule has 0 heteroatoms. The average molecular weight is 377 g/mol. The lowest BCUT2D eigenvalue weighted by molar-refractivity contribution is 0.289. The van der Waals surface area contributed by atoms with Gasteiger partial charge in [-0.3, -0.25) is 0 Å². The van der Waals surface area contributed by atoms with Crippen LogP contribution in [0.3, 0.4) is 0 Å². The highest BCUT2D eigenvalue weighted by molar-refractivity contribution is 5.25. The highest BCUT2D eigenvalue weighted by Gasteiger charge is 2.21. The van der Waals surface area contributed by atoms with Gasteiger partial charge in [-0.05, 0) is 87.7 Å². The second kappa shape index (κ2) is 11.5. The summed E-state index contributed by atoms with van der Waals surface area (Å²) >= 11 is 0. The minimum absolute atomic E-state index is 0.612. The van der Waals surface area contributed by atoms with Crippen LogP contribution in [0.25, 0.3) is 0 Å². The molecule has 1 aromatic carbocycles. The molecular weight excluding hydrogens is 336 g/mol. The Labute approximate surface area is 174 Å². The Morgan fingerprint density at radius 3 is 2.29 bits per heavy atom. The Bertz CT molecular complexity index is 638. The molecule has 0 bridgehead atoms. The first-order valence-electron chi connectivity index (χ1n) is 12.0. The molecule has 0 N–H and O–H groups in total. The van der Waals surface area contributed by atoms with Crippen molar-refractivity contribution in [1.82, 2.24) is 0 Å². The Morgan fingerprint density at radius 2 is 1.61 bits per heavy atom. The van der Waals surface area contributed by atoms with Crippen LogP contribution < -0.4 is 0 Å². The highest BCUT2D eigenvalue weighted by Crippen LogP contribution is 2.35. The van der Waals surface area contributed by atoms with E-state index in [9.17, 15) is 0 Å². The predicted molar refractivity (Wildman–Crippen MR) is 122 cm³/mol. The van der Waals surface area contributed by atoms with Gasteiger partial charge in [0.1, 0.15) is 0 Å². The second-order valence-corrected chi connectivity index (χ2v) is 9.38. The zero-order valence-corrected chi connectivity index (χ0v) is 18.3. The zero-order chi connectivity index (χ0) is 19.6. The van der Waals surface area contributed by atoms with Gasteiger partial charge in [0, 0.05) is 5.92 Å². The topological polar surface area (TPSA) is 0 Å². The predicted octanol–water partition coefficient (Wildman–Crippen LogP) is 8.22. The van der Waals surface area contributed by atoms with E-state index in [0.29, 0.717) is 5.92 Å². The molecule has 3 rings (SSSR count). The summed E-state index contributed by atoms with van der Waals surface area (Å²) in [6, 6.07) is 9.16. The maximum absolute atomic E-state index is 3.55. The molecule has 2 saturated carbocycles. The van der Waals surface area contributed by atoms with E-state index in [-0.39, 0.29) is 0 Å². The summed E-state index contributed by atoms with van der Waals surface area (Å²) in [6.07, 6.45) is 21.0. The lowest BCUT2D eigenvalue weighted by Gasteiger charge is -2.26. The Hall–Kier alpha value is -1.48. The van der Waals surface area contributed by atoms with Crippen molar-refractivity contribution >= 4 is 0 Å². The van der Waals surface area contributed by atoms with Gasteiger partial charge in [0.25, 0.3) is 0 Å². The summed E-state index contributed by atoms with van der Waals surface area (Å²) in [5.74, 6) is 10.1. The molecule has 0 heterocycles. The molecule has 0 saturated heterocycles. The zero-order valence-electron chi connectivity index (χ0n) is 18.3. The summed E-state index contributed by atoms with van der Waals surface area (Å²) < 4.78 is 0. The van der Waals surface area contributed by atoms with Gasteiger partial charge < -0.3 is 0 Å². The molecule has 0 unspecified atom stereocenters. The van der Waals surface area contributed by atoms with Crippen LogP contribution in [0.5, 0.6) is 0 Å².